The van der Waals surface area contributed by atoms with E-state index in [2.05, 4.69) is 29.2 Å². The van der Waals surface area contributed by atoms with Gasteiger partial charge in [0.2, 0.25) is 11.8 Å². The summed E-state index contributed by atoms with van der Waals surface area (Å²) in [6, 6.07) is 8.42. The number of rotatable bonds is 5. The fourth-order valence-corrected chi connectivity index (χ4v) is 9.81. The van der Waals surface area contributed by atoms with Crippen molar-refractivity contribution in [3.05, 3.63) is 44.4 Å². The lowest BCUT2D eigenvalue weighted by Gasteiger charge is -2.43. The van der Waals surface area contributed by atoms with E-state index in [1.807, 2.05) is 19.0 Å². The van der Waals surface area contributed by atoms with Crippen molar-refractivity contribution in [2.75, 3.05) is 32.1 Å². The predicted molar refractivity (Wildman–Crippen MR) is 133 cm³/mol. The van der Waals surface area contributed by atoms with Gasteiger partial charge in [0.25, 0.3) is 0 Å². The molecule has 0 radical (unpaired) electrons. The summed E-state index contributed by atoms with van der Waals surface area (Å²) in [5, 5.41) is 1.03. The van der Waals surface area contributed by atoms with Gasteiger partial charge in [-0.2, -0.15) is 0 Å². The Labute approximate surface area is 211 Å². The third-order valence-corrected chi connectivity index (χ3v) is 10.8. The molecule has 2 amide bonds. The van der Waals surface area contributed by atoms with Gasteiger partial charge in [-0.15, -0.1) is 11.8 Å². The molecule has 1 aromatic heterocycles. The highest BCUT2D eigenvalue weighted by atomic mass is 32.2. The smallest absolute Gasteiger partial charge is 0.326 e. The number of fused-ring (bicyclic) bond motifs is 9. The minimum absolute atomic E-state index is 0.00521. The van der Waals surface area contributed by atoms with Crippen LogP contribution in [0.1, 0.15) is 29.7 Å². The number of ether oxygens (including phenoxy) is 1. The molecule has 6 unspecified atom stereocenters. The van der Waals surface area contributed by atoms with E-state index in [9.17, 15) is 19.2 Å². The zero-order chi connectivity index (χ0) is 24.6. The topological polar surface area (TPSA) is 99.8 Å². The Morgan fingerprint density at radius 2 is 1.80 bits per heavy atom. The van der Waals surface area contributed by atoms with Crippen molar-refractivity contribution in [3.8, 4) is 0 Å². The maximum Gasteiger partial charge on any atom is 0.326 e. The Hall–Kier alpha value is -2.59. The molecular weight excluding hydrogens is 486 g/mol. The number of carbonyl (C=O) groups excluding carboxylic acids is 3. The first-order valence-electron chi connectivity index (χ1n) is 12.0. The van der Waals surface area contributed by atoms with Crippen LogP contribution in [-0.4, -0.2) is 60.2 Å². The number of aromatic nitrogens is 1. The summed E-state index contributed by atoms with van der Waals surface area (Å²) >= 11 is 2.92. The van der Waals surface area contributed by atoms with Gasteiger partial charge < -0.3 is 14.6 Å². The van der Waals surface area contributed by atoms with E-state index in [1.54, 1.807) is 18.7 Å². The number of hydrogen-bond acceptors (Lipinski definition) is 8. The van der Waals surface area contributed by atoms with Crippen LogP contribution in [0.15, 0.2) is 34.1 Å². The molecule has 35 heavy (non-hydrogen) atoms. The van der Waals surface area contributed by atoms with Crippen LogP contribution in [0.25, 0.3) is 0 Å². The van der Waals surface area contributed by atoms with Gasteiger partial charge in [-0.3, -0.25) is 24.1 Å². The van der Waals surface area contributed by atoms with Crippen LogP contribution in [0.5, 0.6) is 0 Å². The fraction of sp³-hybridized carbons (Fsp3) is 0.520. The number of anilines is 1. The van der Waals surface area contributed by atoms with Crippen LogP contribution < -0.4 is 9.77 Å². The Bertz CT molecular complexity index is 1270. The number of imide groups is 1. The molecule has 3 heterocycles. The maximum atomic E-state index is 13.4. The van der Waals surface area contributed by atoms with Crippen molar-refractivity contribution in [1.29, 1.82) is 0 Å². The number of thiazole rings is 1. The summed E-state index contributed by atoms with van der Waals surface area (Å²) in [4.78, 5) is 58.4. The highest BCUT2D eigenvalue weighted by Crippen LogP contribution is 2.68. The molecule has 1 N–H and O–H groups in total. The molecule has 2 bridgehead atoms. The van der Waals surface area contributed by atoms with E-state index < -0.39 is 11.9 Å². The summed E-state index contributed by atoms with van der Waals surface area (Å²) in [7, 11) is 4.00. The Morgan fingerprint density at radius 1 is 1.11 bits per heavy atom. The Kier molecular flexibility index (Phi) is 5.37. The number of amides is 2. The number of carbonyl (C=O) groups is 3. The second-order valence-electron chi connectivity index (χ2n) is 10.0. The number of nitrogens with one attached hydrogen (secondary N) is 1. The molecule has 10 heteroatoms. The second-order valence-corrected chi connectivity index (χ2v) is 12.2. The van der Waals surface area contributed by atoms with Gasteiger partial charge in [-0.1, -0.05) is 23.5 Å². The zero-order valence-electron chi connectivity index (χ0n) is 19.7. The van der Waals surface area contributed by atoms with Gasteiger partial charge in [0.05, 0.1) is 23.5 Å². The normalized spacial score (nSPS) is 32.4. The van der Waals surface area contributed by atoms with Crippen LogP contribution in [-0.2, 0) is 19.1 Å². The minimum atomic E-state index is -0.549. The second kappa shape index (κ2) is 8.23. The highest BCUT2D eigenvalue weighted by molar-refractivity contribution is 8.00. The molecule has 184 valence electrons. The van der Waals surface area contributed by atoms with Crippen molar-refractivity contribution >= 4 is 46.6 Å². The molecule has 0 spiro atoms. The van der Waals surface area contributed by atoms with Crippen LogP contribution in [0.2, 0.25) is 0 Å². The van der Waals surface area contributed by atoms with Crippen molar-refractivity contribution in [2.24, 2.45) is 29.6 Å². The first-order chi connectivity index (χ1) is 16.8. The molecule has 6 rings (SSSR count). The van der Waals surface area contributed by atoms with Crippen molar-refractivity contribution in [3.63, 3.8) is 0 Å². The lowest BCUT2D eigenvalue weighted by Crippen LogP contribution is -2.42. The molecule has 1 aromatic carbocycles. The SMILES string of the molecule is CCOC(=O)CN1C(=O)C2C3CC(C2C1=O)C1C3Sc2[nH]c(=O)sc2[C@@H]1c1ccc(N(C)C)cc1. The molecule has 7 atom stereocenters. The van der Waals surface area contributed by atoms with Gasteiger partial charge in [0.15, 0.2) is 0 Å². The predicted octanol–water partition coefficient (Wildman–Crippen LogP) is 2.54. The van der Waals surface area contributed by atoms with Crippen LogP contribution in [0.4, 0.5) is 5.69 Å². The Balaban J connectivity index is 1.38. The number of hydrogen-bond donors (Lipinski definition) is 1. The van der Waals surface area contributed by atoms with Crippen LogP contribution in [0, 0.1) is 29.6 Å². The third kappa shape index (κ3) is 3.32. The van der Waals surface area contributed by atoms with Gasteiger partial charge in [0, 0.05) is 35.8 Å². The third-order valence-electron chi connectivity index (χ3n) is 8.18. The molecule has 2 aliphatic carbocycles. The van der Waals surface area contributed by atoms with Crippen molar-refractivity contribution in [2.45, 2.75) is 29.5 Å². The first-order valence-corrected chi connectivity index (χ1v) is 13.7. The molecule has 2 aromatic rings. The van der Waals surface area contributed by atoms with Crippen LogP contribution in [0.3, 0.4) is 0 Å². The molecule has 8 nitrogen and oxygen atoms in total. The van der Waals surface area contributed by atoms with Gasteiger partial charge >= 0.3 is 10.8 Å². The van der Waals surface area contributed by atoms with E-state index in [-0.39, 0.29) is 64.7 Å². The molecule has 4 aliphatic rings. The van der Waals surface area contributed by atoms with Crippen molar-refractivity contribution < 1.29 is 19.1 Å². The number of aromatic amines is 1. The molecule has 3 fully saturated rings. The molecule has 1 saturated heterocycles. The number of esters is 1. The summed E-state index contributed by atoms with van der Waals surface area (Å²) in [6.07, 6.45) is 0.827. The number of thioether (sulfide) groups is 1. The fourth-order valence-electron chi connectivity index (χ4n) is 6.92. The molecule has 2 saturated carbocycles. The van der Waals surface area contributed by atoms with E-state index in [0.717, 1.165) is 32.5 Å². The average molecular weight is 514 g/mol. The quantitative estimate of drug-likeness (QED) is 0.485. The number of H-pyrrole nitrogens is 1. The summed E-state index contributed by atoms with van der Waals surface area (Å²) < 4.78 is 5.01. The number of nitrogens with zero attached hydrogens (tertiary/aromatic N) is 2. The van der Waals surface area contributed by atoms with E-state index >= 15 is 0 Å². The minimum Gasteiger partial charge on any atom is -0.465 e. The number of benzene rings is 1. The van der Waals surface area contributed by atoms with Gasteiger partial charge in [-0.05, 0) is 48.8 Å². The van der Waals surface area contributed by atoms with E-state index in [4.69, 9.17) is 4.74 Å². The lowest BCUT2D eigenvalue weighted by atomic mass is 9.68. The highest BCUT2D eigenvalue weighted by Gasteiger charge is 2.69. The van der Waals surface area contributed by atoms with Crippen LogP contribution >= 0.6 is 23.1 Å². The summed E-state index contributed by atoms with van der Waals surface area (Å²) in [5.41, 5.74) is 2.23. The average Bonchev–Trinajstić information content (AvgIpc) is 3.55. The molecule has 2 aliphatic heterocycles. The van der Waals surface area contributed by atoms with E-state index in [0.29, 0.717) is 0 Å². The Morgan fingerprint density at radius 3 is 2.46 bits per heavy atom. The van der Waals surface area contributed by atoms with Crippen molar-refractivity contribution in [1.82, 2.24) is 9.88 Å². The lowest BCUT2D eigenvalue weighted by molar-refractivity contribution is -0.153. The summed E-state index contributed by atoms with van der Waals surface area (Å²) in [5.74, 6) is -1.59. The van der Waals surface area contributed by atoms with Gasteiger partial charge in [-0.25, -0.2) is 0 Å². The monoisotopic (exact) mass is 513 g/mol. The maximum absolute atomic E-state index is 13.4. The first kappa shape index (κ1) is 22.8. The largest absolute Gasteiger partial charge is 0.465 e. The molecular formula is C25H27N3O5S2. The summed E-state index contributed by atoms with van der Waals surface area (Å²) in [6.45, 7) is 1.61. The number of likely N-dealkylation sites (tertiary alicyclic amines) is 1. The van der Waals surface area contributed by atoms with E-state index in [1.165, 1.54) is 11.3 Å². The van der Waals surface area contributed by atoms with Gasteiger partial charge in [0.1, 0.15) is 6.54 Å². The zero-order valence-corrected chi connectivity index (χ0v) is 21.4. The standard InChI is InChI=1S/C25H27N3O5S2/c1-4-33-15(29)10-28-23(30)18-13-9-14(19(18)24(28)31)20-17(13)16(21-22(34-20)26-25(32)35-21)11-5-7-12(8-6-11)27(2)3/h5-8,13-14,16-20H,4,9-10H2,1-3H3,(H,26,32)/t13?,14?,16-,17?,18?,19?,20?/m1/s1.